The van der Waals surface area contributed by atoms with Gasteiger partial charge in [-0.2, -0.15) is 0 Å². The third kappa shape index (κ3) is 5.93. The van der Waals surface area contributed by atoms with Crippen molar-refractivity contribution in [1.29, 1.82) is 0 Å². The minimum Gasteiger partial charge on any atom is -0.354 e. The molecule has 1 rings (SSSR count). The van der Waals surface area contributed by atoms with Crippen LogP contribution >= 0.6 is 24.0 Å². The predicted molar refractivity (Wildman–Crippen MR) is 104 cm³/mol. The van der Waals surface area contributed by atoms with E-state index in [9.17, 15) is 4.79 Å². The molecule has 0 saturated carbocycles. The van der Waals surface area contributed by atoms with Gasteiger partial charge in [0.25, 0.3) is 0 Å². The monoisotopic (exact) mass is 424 g/mol. The maximum absolute atomic E-state index is 11.8. The molecular formula is C16H33IN4O. The van der Waals surface area contributed by atoms with Crippen LogP contribution in [0.5, 0.6) is 0 Å². The number of aliphatic imine (C=N–C) groups is 1. The number of nitrogens with zero attached hydrogens (tertiary/aromatic N) is 3. The fourth-order valence-electron chi connectivity index (χ4n) is 2.72. The zero-order valence-corrected chi connectivity index (χ0v) is 17.3. The first-order chi connectivity index (χ1) is 9.83. The second-order valence-corrected chi connectivity index (χ2v) is 6.61. The standard InChI is InChI=1S/C16H32N4O.HI/c1-7-16(8-2)9-10-20(12-16)15(18-13(3)4)17-11-14(21)19(5)6;/h13H,7-12H2,1-6H3,(H,17,18);1H. The minimum absolute atomic E-state index is 0. The van der Waals surface area contributed by atoms with Crippen LogP contribution in [0.3, 0.4) is 0 Å². The molecule has 0 aliphatic carbocycles. The van der Waals surface area contributed by atoms with Crippen LogP contribution in [-0.2, 0) is 4.79 Å². The quantitative estimate of drug-likeness (QED) is 0.419. The molecule has 1 saturated heterocycles. The molecule has 0 spiro atoms. The first kappa shape index (κ1) is 21.5. The van der Waals surface area contributed by atoms with Crippen molar-refractivity contribution in [2.45, 2.75) is 53.0 Å². The molecule has 0 atom stereocenters. The summed E-state index contributed by atoms with van der Waals surface area (Å²) in [7, 11) is 3.53. The van der Waals surface area contributed by atoms with E-state index < -0.39 is 0 Å². The van der Waals surface area contributed by atoms with E-state index >= 15 is 0 Å². The average Bonchev–Trinajstić information content (AvgIpc) is 2.87. The van der Waals surface area contributed by atoms with E-state index in [1.54, 1.807) is 19.0 Å². The molecular weight excluding hydrogens is 391 g/mol. The third-order valence-corrected chi connectivity index (χ3v) is 4.52. The molecule has 1 heterocycles. The number of guanidine groups is 1. The summed E-state index contributed by atoms with van der Waals surface area (Å²) in [6.07, 6.45) is 3.61. The lowest BCUT2D eigenvalue weighted by Gasteiger charge is -2.28. The molecule has 1 aliphatic heterocycles. The van der Waals surface area contributed by atoms with Crippen molar-refractivity contribution >= 4 is 35.8 Å². The van der Waals surface area contributed by atoms with Gasteiger partial charge >= 0.3 is 0 Å². The van der Waals surface area contributed by atoms with Gasteiger partial charge in [-0.25, -0.2) is 4.99 Å². The molecule has 1 N–H and O–H groups in total. The highest BCUT2D eigenvalue weighted by molar-refractivity contribution is 14.0. The number of carbonyl (C=O) groups is 1. The molecule has 1 amide bonds. The number of likely N-dealkylation sites (N-methyl/N-ethyl adjacent to an activating group) is 1. The number of carbonyl (C=O) groups excluding carboxylic acids is 1. The first-order valence-corrected chi connectivity index (χ1v) is 8.09. The second kappa shape index (κ2) is 9.57. The highest BCUT2D eigenvalue weighted by Gasteiger charge is 2.36. The summed E-state index contributed by atoms with van der Waals surface area (Å²) in [4.78, 5) is 20.2. The van der Waals surface area contributed by atoms with Crippen LogP contribution in [-0.4, -0.2) is 61.4 Å². The van der Waals surface area contributed by atoms with Gasteiger partial charge in [0.15, 0.2) is 5.96 Å². The van der Waals surface area contributed by atoms with Gasteiger partial charge in [-0.3, -0.25) is 4.79 Å². The number of nitrogens with one attached hydrogen (secondary N) is 1. The normalized spacial score (nSPS) is 17.4. The van der Waals surface area contributed by atoms with Crippen LogP contribution in [0.4, 0.5) is 0 Å². The molecule has 0 aromatic carbocycles. The molecule has 6 heteroatoms. The average molecular weight is 424 g/mol. The summed E-state index contributed by atoms with van der Waals surface area (Å²) >= 11 is 0. The molecule has 0 radical (unpaired) electrons. The summed E-state index contributed by atoms with van der Waals surface area (Å²) in [5.74, 6) is 0.915. The van der Waals surface area contributed by atoms with Crippen molar-refractivity contribution in [2.24, 2.45) is 10.4 Å². The van der Waals surface area contributed by atoms with E-state index in [4.69, 9.17) is 0 Å². The molecule has 0 aromatic heterocycles. The minimum atomic E-state index is 0. The van der Waals surface area contributed by atoms with Crippen molar-refractivity contribution in [3.05, 3.63) is 0 Å². The Balaban J connectivity index is 0.00000441. The van der Waals surface area contributed by atoms with E-state index in [2.05, 4.69) is 42.9 Å². The van der Waals surface area contributed by atoms with Crippen molar-refractivity contribution in [3.8, 4) is 0 Å². The van der Waals surface area contributed by atoms with Gasteiger partial charge in [-0.1, -0.05) is 13.8 Å². The number of likely N-dealkylation sites (tertiary alicyclic amines) is 1. The number of hydrogen-bond donors (Lipinski definition) is 1. The topological polar surface area (TPSA) is 47.9 Å². The Morgan fingerprint density at radius 3 is 2.32 bits per heavy atom. The van der Waals surface area contributed by atoms with Crippen molar-refractivity contribution in [1.82, 2.24) is 15.1 Å². The molecule has 1 aliphatic rings. The highest BCUT2D eigenvalue weighted by atomic mass is 127. The zero-order chi connectivity index (χ0) is 16.0. The van der Waals surface area contributed by atoms with Crippen LogP contribution in [0, 0.1) is 5.41 Å². The van der Waals surface area contributed by atoms with Crippen molar-refractivity contribution in [3.63, 3.8) is 0 Å². The third-order valence-electron chi connectivity index (χ3n) is 4.52. The van der Waals surface area contributed by atoms with Crippen LogP contribution < -0.4 is 5.32 Å². The summed E-state index contributed by atoms with van der Waals surface area (Å²) < 4.78 is 0. The van der Waals surface area contributed by atoms with Gasteiger partial charge in [0, 0.05) is 33.2 Å². The van der Waals surface area contributed by atoms with Gasteiger partial charge in [-0.15, -0.1) is 24.0 Å². The largest absolute Gasteiger partial charge is 0.354 e. The molecule has 130 valence electrons. The summed E-state index contributed by atoms with van der Waals surface area (Å²) in [6, 6.07) is 0.316. The predicted octanol–water partition coefficient (Wildman–Crippen LogP) is 2.56. The van der Waals surface area contributed by atoms with Crippen LogP contribution in [0.25, 0.3) is 0 Å². The van der Waals surface area contributed by atoms with E-state index in [0.717, 1.165) is 19.0 Å². The molecule has 0 aromatic rings. The van der Waals surface area contributed by atoms with E-state index in [-0.39, 0.29) is 36.4 Å². The van der Waals surface area contributed by atoms with Crippen LogP contribution in [0.1, 0.15) is 47.0 Å². The van der Waals surface area contributed by atoms with E-state index in [1.165, 1.54) is 19.3 Å². The lowest BCUT2D eigenvalue weighted by molar-refractivity contribution is -0.127. The first-order valence-electron chi connectivity index (χ1n) is 8.09. The summed E-state index contributed by atoms with van der Waals surface area (Å²) in [5.41, 5.74) is 0.408. The maximum Gasteiger partial charge on any atom is 0.243 e. The molecule has 0 bridgehead atoms. The lowest BCUT2D eigenvalue weighted by Crippen LogP contribution is -2.44. The van der Waals surface area contributed by atoms with E-state index in [1.807, 2.05) is 0 Å². The molecule has 0 unspecified atom stereocenters. The Hall–Kier alpha value is -0.530. The smallest absolute Gasteiger partial charge is 0.243 e. The number of rotatable bonds is 5. The summed E-state index contributed by atoms with van der Waals surface area (Å²) in [5, 5.41) is 3.41. The van der Waals surface area contributed by atoms with E-state index in [0.29, 0.717) is 11.5 Å². The zero-order valence-electron chi connectivity index (χ0n) is 15.0. The van der Waals surface area contributed by atoms with Gasteiger partial charge in [0.05, 0.1) is 0 Å². The van der Waals surface area contributed by atoms with Crippen LogP contribution in [0.2, 0.25) is 0 Å². The lowest BCUT2D eigenvalue weighted by atomic mass is 9.82. The second-order valence-electron chi connectivity index (χ2n) is 6.61. The van der Waals surface area contributed by atoms with Gasteiger partial charge < -0.3 is 15.1 Å². The Bertz CT molecular complexity index is 378. The van der Waals surface area contributed by atoms with Gasteiger partial charge in [0.1, 0.15) is 6.54 Å². The highest BCUT2D eigenvalue weighted by Crippen LogP contribution is 2.36. The van der Waals surface area contributed by atoms with Crippen LogP contribution in [0.15, 0.2) is 4.99 Å². The molecule has 1 fully saturated rings. The number of hydrogen-bond acceptors (Lipinski definition) is 2. The Morgan fingerprint density at radius 2 is 1.91 bits per heavy atom. The molecule has 5 nitrogen and oxygen atoms in total. The Kier molecular flexibility index (Phi) is 9.34. The Morgan fingerprint density at radius 1 is 1.32 bits per heavy atom. The van der Waals surface area contributed by atoms with Gasteiger partial charge in [0.2, 0.25) is 5.91 Å². The summed E-state index contributed by atoms with van der Waals surface area (Å²) in [6.45, 7) is 11.0. The number of halogens is 1. The fourth-order valence-corrected chi connectivity index (χ4v) is 2.72. The maximum atomic E-state index is 11.8. The van der Waals surface area contributed by atoms with Crippen molar-refractivity contribution < 1.29 is 4.79 Å². The Labute approximate surface area is 152 Å². The number of amides is 1. The molecule has 22 heavy (non-hydrogen) atoms. The SMILES string of the molecule is CCC1(CC)CCN(C(=NCC(=O)N(C)C)NC(C)C)C1.I. The fraction of sp³-hybridized carbons (Fsp3) is 0.875. The van der Waals surface area contributed by atoms with Crippen molar-refractivity contribution in [2.75, 3.05) is 33.7 Å². The van der Waals surface area contributed by atoms with Gasteiger partial charge in [-0.05, 0) is 38.5 Å².